The highest BCUT2D eigenvalue weighted by Crippen LogP contribution is 2.06. The average Bonchev–Trinajstić information content (AvgIpc) is 2.50. The summed E-state index contributed by atoms with van der Waals surface area (Å²) in [5.74, 6) is -0.679. The Balaban J connectivity index is 3.21. The van der Waals surface area contributed by atoms with Crippen LogP contribution in [-0.2, 0) is 4.79 Å². The minimum atomic E-state index is -0.679. The van der Waals surface area contributed by atoms with Crippen LogP contribution in [0.3, 0.4) is 0 Å². The van der Waals surface area contributed by atoms with Crippen molar-refractivity contribution in [3.8, 4) is 0 Å². The molecule has 0 aromatic heterocycles. The van der Waals surface area contributed by atoms with Gasteiger partial charge in [-0.3, -0.25) is 4.79 Å². The van der Waals surface area contributed by atoms with Crippen molar-refractivity contribution in [2.45, 2.75) is 84.0 Å². The summed E-state index contributed by atoms with van der Waals surface area (Å²) in [4.78, 5) is 10.3. The molecule has 0 unspecified atom stereocenters. The second kappa shape index (κ2) is 17.7. The summed E-state index contributed by atoms with van der Waals surface area (Å²) < 4.78 is 0. The van der Waals surface area contributed by atoms with Crippen LogP contribution in [0.1, 0.15) is 84.0 Å². The molecule has 0 saturated carbocycles. The van der Waals surface area contributed by atoms with Crippen LogP contribution in [0.4, 0.5) is 0 Å². The first-order valence-electron chi connectivity index (χ1n) is 8.94. The molecule has 0 aromatic carbocycles. The molecule has 0 atom stereocenters. The largest absolute Gasteiger partial charge is 0.481 e. The summed E-state index contributed by atoms with van der Waals surface area (Å²) in [6, 6.07) is 0. The summed E-state index contributed by atoms with van der Waals surface area (Å²) in [5.41, 5.74) is 0. The molecular weight excluding hydrogens is 272 g/mol. The highest BCUT2D eigenvalue weighted by molar-refractivity contribution is 5.66. The number of hydrogen-bond donors (Lipinski definition) is 1. The predicted molar refractivity (Wildman–Crippen MR) is 96.1 cm³/mol. The van der Waals surface area contributed by atoms with Crippen molar-refractivity contribution in [1.29, 1.82) is 0 Å². The molecule has 0 aliphatic rings. The fraction of sp³-hybridized carbons (Fsp3) is 0.650. The van der Waals surface area contributed by atoms with Crippen LogP contribution in [0.5, 0.6) is 0 Å². The predicted octanol–water partition coefficient (Wildman–Crippen LogP) is 6.44. The van der Waals surface area contributed by atoms with Gasteiger partial charge in [0.05, 0.1) is 0 Å². The average molecular weight is 306 g/mol. The summed E-state index contributed by atoms with van der Waals surface area (Å²) in [6.45, 7) is 2.17. The number of carbonyl (C=O) groups is 1. The third-order valence-electron chi connectivity index (χ3n) is 3.49. The lowest BCUT2D eigenvalue weighted by molar-refractivity contribution is -0.137. The number of unbranched alkanes of at least 4 members (excludes halogenated alkanes) is 7. The van der Waals surface area contributed by atoms with E-state index in [1.165, 1.54) is 32.1 Å². The number of carboxylic acids is 1. The Kier molecular flexibility index (Phi) is 16.7. The van der Waals surface area contributed by atoms with Gasteiger partial charge in [0.15, 0.2) is 0 Å². The minimum absolute atomic E-state index is 0.312. The standard InChI is InChI=1S/C20H34O2/c1-2-3-4-5-6-7-8-9-10-11-12-13-14-15-16-17-18-19-20(21)22/h3-4,7-8,13-14H,2,5-6,9-12,15-19H2,1H3,(H,21,22). The van der Waals surface area contributed by atoms with E-state index in [0.29, 0.717) is 6.42 Å². The van der Waals surface area contributed by atoms with E-state index in [0.717, 1.165) is 38.5 Å². The first-order chi connectivity index (χ1) is 10.8. The zero-order chi connectivity index (χ0) is 16.3. The number of carboxylic acid groups (broad SMARTS) is 1. The van der Waals surface area contributed by atoms with Gasteiger partial charge in [-0.2, -0.15) is 0 Å². The van der Waals surface area contributed by atoms with E-state index in [1.807, 2.05) is 0 Å². The Morgan fingerprint density at radius 3 is 1.64 bits per heavy atom. The molecule has 0 aromatic rings. The first kappa shape index (κ1) is 20.7. The van der Waals surface area contributed by atoms with Gasteiger partial charge < -0.3 is 5.11 Å². The van der Waals surface area contributed by atoms with Crippen molar-refractivity contribution in [3.63, 3.8) is 0 Å². The van der Waals surface area contributed by atoms with E-state index in [1.54, 1.807) is 0 Å². The van der Waals surface area contributed by atoms with Gasteiger partial charge in [-0.15, -0.1) is 0 Å². The van der Waals surface area contributed by atoms with Crippen molar-refractivity contribution in [2.24, 2.45) is 0 Å². The molecule has 0 amide bonds. The van der Waals surface area contributed by atoms with Crippen LogP contribution in [-0.4, -0.2) is 11.1 Å². The maximum atomic E-state index is 10.3. The van der Waals surface area contributed by atoms with Gasteiger partial charge in [-0.25, -0.2) is 0 Å². The smallest absolute Gasteiger partial charge is 0.303 e. The molecule has 0 spiro atoms. The first-order valence-corrected chi connectivity index (χ1v) is 8.94. The normalized spacial score (nSPS) is 12.0. The SMILES string of the molecule is CCC=CCCC=CCCCCC=CCCCCCC(=O)O. The van der Waals surface area contributed by atoms with E-state index >= 15 is 0 Å². The summed E-state index contributed by atoms with van der Waals surface area (Å²) in [7, 11) is 0. The van der Waals surface area contributed by atoms with E-state index in [2.05, 4.69) is 43.4 Å². The molecule has 0 aliphatic heterocycles. The van der Waals surface area contributed by atoms with Gasteiger partial charge in [0.1, 0.15) is 0 Å². The molecular formula is C20H34O2. The maximum absolute atomic E-state index is 10.3. The van der Waals surface area contributed by atoms with E-state index in [4.69, 9.17) is 5.11 Å². The molecule has 22 heavy (non-hydrogen) atoms. The van der Waals surface area contributed by atoms with E-state index in [-0.39, 0.29) is 0 Å². The van der Waals surface area contributed by atoms with Crippen molar-refractivity contribution in [3.05, 3.63) is 36.5 Å². The molecule has 0 rings (SSSR count). The third-order valence-corrected chi connectivity index (χ3v) is 3.49. The van der Waals surface area contributed by atoms with Gasteiger partial charge >= 0.3 is 5.97 Å². The molecule has 126 valence electrons. The van der Waals surface area contributed by atoms with Crippen LogP contribution in [0.25, 0.3) is 0 Å². The zero-order valence-electron chi connectivity index (χ0n) is 14.3. The topological polar surface area (TPSA) is 37.3 Å². The Hall–Kier alpha value is -1.31. The lowest BCUT2D eigenvalue weighted by Crippen LogP contribution is -1.93. The van der Waals surface area contributed by atoms with Crippen LogP contribution in [0.15, 0.2) is 36.5 Å². The molecule has 0 heterocycles. The summed E-state index contributed by atoms with van der Waals surface area (Å²) in [6.07, 6.45) is 26.3. The number of aliphatic carboxylic acids is 1. The van der Waals surface area contributed by atoms with Gasteiger partial charge in [-0.05, 0) is 64.2 Å². The van der Waals surface area contributed by atoms with Crippen LogP contribution in [0.2, 0.25) is 0 Å². The fourth-order valence-electron chi connectivity index (χ4n) is 2.19. The van der Waals surface area contributed by atoms with Gasteiger partial charge in [0.2, 0.25) is 0 Å². The maximum Gasteiger partial charge on any atom is 0.303 e. The highest BCUT2D eigenvalue weighted by Gasteiger charge is 1.94. The number of allylic oxidation sites excluding steroid dienone is 6. The summed E-state index contributed by atoms with van der Waals surface area (Å²) in [5, 5.41) is 8.52. The second-order valence-corrected chi connectivity index (χ2v) is 5.68. The van der Waals surface area contributed by atoms with Gasteiger partial charge in [-0.1, -0.05) is 49.8 Å². The zero-order valence-corrected chi connectivity index (χ0v) is 14.3. The van der Waals surface area contributed by atoms with Crippen LogP contribution in [0, 0.1) is 0 Å². The summed E-state index contributed by atoms with van der Waals surface area (Å²) >= 11 is 0. The highest BCUT2D eigenvalue weighted by atomic mass is 16.4. The van der Waals surface area contributed by atoms with Crippen LogP contribution >= 0.6 is 0 Å². The molecule has 0 radical (unpaired) electrons. The monoisotopic (exact) mass is 306 g/mol. The van der Waals surface area contributed by atoms with Crippen molar-refractivity contribution in [1.82, 2.24) is 0 Å². The lowest BCUT2D eigenvalue weighted by Gasteiger charge is -1.96. The molecule has 2 nitrogen and oxygen atoms in total. The van der Waals surface area contributed by atoms with Crippen molar-refractivity contribution < 1.29 is 9.90 Å². The Morgan fingerprint density at radius 1 is 0.682 bits per heavy atom. The van der Waals surface area contributed by atoms with E-state index < -0.39 is 5.97 Å². The van der Waals surface area contributed by atoms with Crippen molar-refractivity contribution in [2.75, 3.05) is 0 Å². The molecule has 0 saturated heterocycles. The van der Waals surface area contributed by atoms with Crippen molar-refractivity contribution >= 4 is 5.97 Å². The van der Waals surface area contributed by atoms with Gasteiger partial charge in [0.25, 0.3) is 0 Å². The Labute approximate surface area is 137 Å². The number of rotatable bonds is 15. The fourth-order valence-corrected chi connectivity index (χ4v) is 2.19. The molecule has 1 N–H and O–H groups in total. The van der Waals surface area contributed by atoms with Gasteiger partial charge in [0, 0.05) is 6.42 Å². The molecule has 2 heteroatoms. The van der Waals surface area contributed by atoms with E-state index in [9.17, 15) is 4.79 Å². The molecule has 0 aliphatic carbocycles. The Bertz CT molecular complexity index is 327. The van der Waals surface area contributed by atoms with Crippen LogP contribution < -0.4 is 0 Å². The minimum Gasteiger partial charge on any atom is -0.481 e. The molecule has 0 bridgehead atoms. The number of hydrogen-bond acceptors (Lipinski definition) is 1. The lowest BCUT2D eigenvalue weighted by atomic mass is 10.1. The Morgan fingerprint density at radius 2 is 1.14 bits per heavy atom. The quantitative estimate of drug-likeness (QED) is 0.279. The molecule has 0 fully saturated rings. The second-order valence-electron chi connectivity index (χ2n) is 5.68. The third kappa shape index (κ3) is 18.7.